The number of hydrogen-bond donors (Lipinski definition) is 2. The van der Waals surface area contributed by atoms with Crippen molar-refractivity contribution in [3.05, 3.63) is 23.3 Å². The maximum atomic E-state index is 12.4. The van der Waals surface area contributed by atoms with E-state index in [9.17, 15) is 13.2 Å². The normalized spacial score (nSPS) is 13.0. The van der Waals surface area contributed by atoms with Gasteiger partial charge in [0.05, 0.1) is 17.9 Å². The first-order valence-corrected chi connectivity index (χ1v) is 8.09. The highest BCUT2D eigenvalue weighted by molar-refractivity contribution is 7.89. The van der Waals surface area contributed by atoms with Gasteiger partial charge in [-0.2, -0.15) is 0 Å². The van der Waals surface area contributed by atoms with E-state index in [1.165, 1.54) is 7.11 Å². The molecule has 0 saturated heterocycles. The summed E-state index contributed by atoms with van der Waals surface area (Å²) in [6.07, 6.45) is 0.360. The quantitative estimate of drug-likeness (QED) is 0.799. The second-order valence-corrected chi connectivity index (χ2v) is 6.59. The fourth-order valence-electron chi connectivity index (χ4n) is 2.14. The van der Waals surface area contributed by atoms with E-state index in [2.05, 4.69) is 4.72 Å². The summed E-state index contributed by atoms with van der Waals surface area (Å²) in [6, 6.07) is 3.27. The number of aryl methyl sites for hydroxylation is 2. The number of carbonyl (C=O) groups is 1. The Balaban J connectivity index is 3.06. The summed E-state index contributed by atoms with van der Waals surface area (Å²) in [7, 11) is -2.24. The van der Waals surface area contributed by atoms with Crippen LogP contribution in [0, 0.1) is 19.8 Å². The monoisotopic (exact) mass is 315 g/mol. The zero-order chi connectivity index (χ0) is 16.2. The van der Waals surface area contributed by atoms with Crippen LogP contribution in [0.1, 0.15) is 24.5 Å². The number of hydrogen-bond acceptors (Lipinski definition) is 4. The first-order valence-electron chi connectivity index (χ1n) is 6.60. The van der Waals surface area contributed by atoms with E-state index in [-0.39, 0.29) is 11.4 Å². The molecular weight excluding hydrogens is 294 g/mol. The van der Waals surface area contributed by atoms with Crippen molar-refractivity contribution < 1.29 is 23.1 Å². The SMILES string of the molecule is CCC(CNS(=O)(=O)c1c(C)cc(OC)cc1C)C(=O)O. The molecule has 7 heteroatoms. The molecule has 0 amide bonds. The second-order valence-electron chi connectivity index (χ2n) is 4.89. The van der Waals surface area contributed by atoms with Crippen LogP contribution in [0.5, 0.6) is 5.75 Å². The molecule has 1 unspecified atom stereocenters. The number of ether oxygens (including phenoxy) is 1. The van der Waals surface area contributed by atoms with Gasteiger partial charge in [0.2, 0.25) is 10.0 Å². The molecule has 0 radical (unpaired) electrons. The third-order valence-electron chi connectivity index (χ3n) is 3.30. The Hall–Kier alpha value is -1.60. The Kier molecular flexibility index (Phi) is 5.74. The Morgan fingerprint density at radius 1 is 1.33 bits per heavy atom. The topological polar surface area (TPSA) is 92.7 Å². The van der Waals surface area contributed by atoms with Crippen LogP contribution in [-0.2, 0) is 14.8 Å². The maximum Gasteiger partial charge on any atom is 0.307 e. The molecule has 1 aromatic carbocycles. The van der Waals surface area contributed by atoms with E-state index in [1.807, 2.05) is 0 Å². The molecule has 6 nitrogen and oxygen atoms in total. The van der Waals surface area contributed by atoms with Gasteiger partial charge in [0, 0.05) is 6.54 Å². The van der Waals surface area contributed by atoms with Crippen LogP contribution in [-0.4, -0.2) is 33.1 Å². The lowest BCUT2D eigenvalue weighted by atomic mass is 10.1. The Morgan fingerprint density at radius 3 is 2.24 bits per heavy atom. The van der Waals surface area contributed by atoms with Gasteiger partial charge in [0.1, 0.15) is 5.75 Å². The van der Waals surface area contributed by atoms with Gasteiger partial charge in [-0.15, -0.1) is 0 Å². The predicted octanol–water partition coefficient (Wildman–Crippen LogP) is 1.70. The molecular formula is C14H21NO5S. The summed E-state index contributed by atoms with van der Waals surface area (Å²) >= 11 is 0. The fourth-order valence-corrected chi connectivity index (χ4v) is 3.67. The highest BCUT2D eigenvalue weighted by atomic mass is 32.2. The molecule has 0 aromatic heterocycles. The van der Waals surface area contributed by atoms with E-state index in [1.54, 1.807) is 32.9 Å². The molecule has 1 atom stereocenters. The molecule has 0 bridgehead atoms. The van der Waals surface area contributed by atoms with Crippen LogP contribution >= 0.6 is 0 Å². The molecule has 21 heavy (non-hydrogen) atoms. The molecule has 1 aromatic rings. The largest absolute Gasteiger partial charge is 0.497 e. The van der Waals surface area contributed by atoms with Gasteiger partial charge in [0.25, 0.3) is 0 Å². The number of methoxy groups -OCH3 is 1. The average Bonchev–Trinajstić information content (AvgIpc) is 2.37. The van der Waals surface area contributed by atoms with Crippen LogP contribution in [0.25, 0.3) is 0 Å². The fraction of sp³-hybridized carbons (Fsp3) is 0.500. The van der Waals surface area contributed by atoms with Gasteiger partial charge in [-0.25, -0.2) is 13.1 Å². The zero-order valence-electron chi connectivity index (χ0n) is 12.6. The minimum absolute atomic E-state index is 0.126. The Labute approximate surface area is 125 Å². The van der Waals surface area contributed by atoms with Crippen molar-refractivity contribution in [2.75, 3.05) is 13.7 Å². The average molecular weight is 315 g/mol. The number of sulfonamides is 1. The third-order valence-corrected chi connectivity index (χ3v) is 5.03. The summed E-state index contributed by atoms with van der Waals surface area (Å²) in [6.45, 7) is 4.94. The van der Waals surface area contributed by atoms with Crippen molar-refractivity contribution in [2.24, 2.45) is 5.92 Å². The second kappa shape index (κ2) is 6.91. The molecule has 0 aliphatic carbocycles. The van der Waals surface area contributed by atoms with Gasteiger partial charge >= 0.3 is 5.97 Å². The third kappa shape index (κ3) is 4.18. The van der Waals surface area contributed by atoms with Gasteiger partial charge < -0.3 is 9.84 Å². The predicted molar refractivity (Wildman–Crippen MR) is 79.1 cm³/mol. The summed E-state index contributed by atoms with van der Waals surface area (Å²) in [5.74, 6) is -1.16. The van der Waals surface area contributed by atoms with Gasteiger partial charge in [-0.05, 0) is 43.5 Å². The standard InChI is InChI=1S/C14H21NO5S/c1-5-11(14(16)17)8-15-21(18,19)13-9(2)6-12(20-4)7-10(13)3/h6-7,11,15H,5,8H2,1-4H3,(H,16,17). The molecule has 0 fully saturated rings. The summed E-state index contributed by atoms with van der Waals surface area (Å²) in [5.41, 5.74) is 1.12. The van der Waals surface area contributed by atoms with E-state index >= 15 is 0 Å². The molecule has 118 valence electrons. The van der Waals surface area contributed by atoms with Crippen molar-refractivity contribution >= 4 is 16.0 Å². The van der Waals surface area contributed by atoms with Crippen molar-refractivity contribution in [3.8, 4) is 5.75 Å². The first kappa shape index (κ1) is 17.5. The van der Waals surface area contributed by atoms with Crippen molar-refractivity contribution in [1.29, 1.82) is 0 Å². The minimum atomic E-state index is -3.75. The van der Waals surface area contributed by atoms with Crippen LogP contribution in [0.2, 0.25) is 0 Å². The molecule has 1 rings (SSSR count). The van der Waals surface area contributed by atoms with Crippen molar-refractivity contribution in [1.82, 2.24) is 4.72 Å². The van der Waals surface area contributed by atoms with Crippen LogP contribution in [0.4, 0.5) is 0 Å². The van der Waals surface area contributed by atoms with Gasteiger partial charge in [-0.1, -0.05) is 6.92 Å². The Bertz CT molecular complexity index is 601. The minimum Gasteiger partial charge on any atom is -0.497 e. The summed E-state index contributed by atoms with van der Waals surface area (Å²) in [4.78, 5) is 11.1. The van der Waals surface area contributed by atoms with Crippen LogP contribution < -0.4 is 9.46 Å². The van der Waals surface area contributed by atoms with E-state index in [4.69, 9.17) is 9.84 Å². The number of nitrogens with one attached hydrogen (secondary N) is 1. The zero-order valence-corrected chi connectivity index (χ0v) is 13.5. The van der Waals surface area contributed by atoms with Gasteiger partial charge in [-0.3, -0.25) is 4.79 Å². The van der Waals surface area contributed by atoms with Crippen molar-refractivity contribution in [2.45, 2.75) is 32.1 Å². The first-order chi connectivity index (χ1) is 9.72. The lowest BCUT2D eigenvalue weighted by molar-refractivity contribution is -0.141. The number of carboxylic acid groups (broad SMARTS) is 1. The number of rotatable bonds is 7. The number of aliphatic carboxylic acids is 1. The van der Waals surface area contributed by atoms with Crippen LogP contribution in [0.15, 0.2) is 17.0 Å². The lowest BCUT2D eigenvalue weighted by Crippen LogP contribution is -2.33. The number of carboxylic acids is 1. The van der Waals surface area contributed by atoms with Crippen LogP contribution in [0.3, 0.4) is 0 Å². The maximum absolute atomic E-state index is 12.4. The van der Waals surface area contributed by atoms with E-state index < -0.39 is 21.9 Å². The smallest absolute Gasteiger partial charge is 0.307 e. The van der Waals surface area contributed by atoms with E-state index in [0.29, 0.717) is 23.3 Å². The highest BCUT2D eigenvalue weighted by Crippen LogP contribution is 2.25. The molecule has 0 aliphatic heterocycles. The molecule has 0 aliphatic rings. The number of benzene rings is 1. The highest BCUT2D eigenvalue weighted by Gasteiger charge is 2.23. The molecule has 0 heterocycles. The summed E-state index contributed by atoms with van der Waals surface area (Å²) in [5, 5.41) is 8.97. The Morgan fingerprint density at radius 2 is 1.86 bits per heavy atom. The lowest BCUT2D eigenvalue weighted by Gasteiger charge is -2.15. The van der Waals surface area contributed by atoms with Gasteiger partial charge in [0.15, 0.2) is 0 Å². The summed E-state index contributed by atoms with van der Waals surface area (Å²) < 4.78 is 32.2. The molecule has 0 spiro atoms. The molecule has 0 saturated carbocycles. The van der Waals surface area contributed by atoms with Crippen molar-refractivity contribution in [3.63, 3.8) is 0 Å². The van der Waals surface area contributed by atoms with E-state index in [0.717, 1.165) is 0 Å². The molecule has 2 N–H and O–H groups in total.